The first-order valence-electron chi connectivity index (χ1n) is 7.71. The molecule has 0 spiro atoms. The van der Waals surface area contributed by atoms with E-state index in [-0.39, 0.29) is 18.4 Å². The van der Waals surface area contributed by atoms with Crippen molar-refractivity contribution < 1.29 is 13.7 Å². The maximum atomic E-state index is 12.0. The van der Waals surface area contributed by atoms with Crippen molar-refractivity contribution in [3.8, 4) is 11.5 Å². The largest absolute Gasteiger partial charge is 0.464 e. The highest BCUT2D eigenvalue weighted by Crippen LogP contribution is 2.16. The van der Waals surface area contributed by atoms with Crippen molar-refractivity contribution >= 4 is 5.91 Å². The van der Waals surface area contributed by atoms with Crippen molar-refractivity contribution in [2.75, 3.05) is 0 Å². The van der Waals surface area contributed by atoms with E-state index in [4.69, 9.17) is 8.94 Å². The molecule has 0 bridgehead atoms. The molecule has 3 rings (SSSR count). The van der Waals surface area contributed by atoms with E-state index in [9.17, 15) is 4.79 Å². The van der Waals surface area contributed by atoms with E-state index in [2.05, 4.69) is 20.4 Å². The van der Waals surface area contributed by atoms with Crippen LogP contribution >= 0.6 is 0 Å². The summed E-state index contributed by atoms with van der Waals surface area (Å²) in [5, 5.41) is 6.76. The number of carbonyl (C=O) groups excluding carboxylic acids is 1. The van der Waals surface area contributed by atoms with Crippen LogP contribution in [0.2, 0.25) is 0 Å². The molecule has 3 aromatic rings. The number of amides is 1. The number of aromatic nitrogens is 3. The van der Waals surface area contributed by atoms with Gasteiger partial charge in [0.15, 0.2) is 0 Å². The van der Waals surface area contributed by atoms with Crippen LogP contribution in [0.5, 0.6) is 0 Å². The molecule has 0 saturated carbocycles. The van der Waals surface area contributed by atoms with Crippen molar-refractivity contribution in [1.29, 1.82) is 0 Å². The van der Waals surface area contributed by atoms with Gasteiger partial charge < -0.3 is 14.3 Å². The summed E-state index contributed by atoms with van der Waals surface area (Å²) in [4.78, 5) is 20.4. The molecule has 0 aromatic carbocycles. The first kappa shape index (κ1) is 15.9. The molecule has 1 atom stereocenters. The molecule has 3 heterocycles. The van der Waals surface area contributed by atoms with Crippen LogP contribution in [0.4, 0.5) is 0 Å². The Bertz CT molecular complexity index is 810. The second-order valence-electron chi connectivity index (χ2n) is 5.46. The highest BCUT2D eigenvalue weighted by Gasteiger charge is 2.15. The summed E-state index contributed by atoms with van der Waals surface area (Å²) >= 11 is 0. The highest BCUT2D eigenvalue weighted by atomic mass is 16.5. The fourth-order valence-electron chi connectivity index (χ4n) is 2.25. The fraction of sp³-hybridized carbons (Fsp3) is 0.294. The summed E-state index contributed by atoms with van der Waals surface area (Å²) < 4.78 is 10.7. The van der Waals surface area contributed by atoms with E-state index < -0.39 is 0 Å². The second-order valence-corrected chi connectivity index (χ2v) is 5.46. The number of hydrogen-bond acceptors (Lipinski definition) is 6. The van der Waals surface area contributed by atoms with E-state index in [1.54, 1.807) is 12.3 Å². The number of rotatable bonds is 6. The predicted octanol–water partition coefficient (Wildman–Crippen LogP) is 2.84. The first-order chi connectivity index (χ1) is 11.6. The predicted molar refractivity (Wildman–Crippen MR) is 85.9 cm³/mol. The van der Waals surface area contributed by atoms with Gasteiger partial charge in [0.25, 0.3) is 0 Å². The standard InChI is InChI=1S/C17H18N4O3/c1-11-6-7-14(23-11)12(2)19-15(22)8-9-16-20-17(21-24-16)13-5-3-4-10-18-13/h3-7,10,12H,8-9H2,1-2H3,(H,19,22). The third kappa shape index (κ3) is 3.87. The number of hydrogen-bond donors (Lipinski definition) is 1. The number of nitrogens with one attached hydrogen (secondary N) is 1. The monoisotopic (exact) mass is 326 g/mol. The van der Waals surface area contributed by atoms with Crippen molar-refractivity contribution in [2.24, 2.45) is 0 Å². The van der Waals surface area contributed by atoms with Crippen LogP contribution in [0.15, 0.2) is 45.5 Å². The Labute approximate surface area is 139 Å². The Balaban J connectivity index is 1.52. The lowest BCUT2D eigenvalue weighted by Gasteiger charge is -2.10. The summed E-state index contributed by atoms with van der Waals surface area (Å²) in [7, 11) is 0. The van der Waals surface area contributed by atoms with Crippen LogP contribution in [0.3, 0.4) is 0 Å². The van der Waals surface area contributed by atoms with E-state index in [1.807, 2.05) is 38.1 Å². The van der Waals surface area contributed by atoms with Crippen LogP contribution in [0, 0.1) is 6.92 Å². The van der Waals surface area contributed by atoms with E-state index in [0.29, 0.717) is 23.8 Å². The Hall–Kier alpha value is -2.96. The van der Waals surface area contributed by atoms with Gasteiger partial charge in [0.1, 0.15) is 17.2 Å². The molecule has 3 aromatic heterocycles. The van der Waals surface area contributed by atoms with Crippen LogP contribution in [0.25, 0.3) is 11.5 Å². The lowest BCUT2D eigenvalue weighted by Crippen LogP contribution is -2.26. The molecule has 1 N–H and O–H groups in total. The zero-order valence-corrected chi connectivity index (χ0v) is 13.5. The van der Waals surface area contributed by atoms with E-state index in [0.717, 1.165) is 11.5 Å². The fourth-order valence-corrected chi connectivity index (χ4v) is 2.25. The molecule has 7 heteroatoms. The third-order valence-corrected chi connectivity index (χ3v) is 3.49. The molecule has 1 amide bonds. The lowest BCUT2D eigenvalue weighted by atomic mass is 10.2. The molecular weight excluding hydrogens is 308 g/mol. The SMILES string of the molecule is Cc1ccc(C(C)NC(=O)CCc2nc(-c3ccccn3)no2)o1. The van der Waals surface area contributed by atoms with Crippen LogP contribution in [-0.4, -0.2) is 21.0 Å². The van der Waals surface area contributed by atoms with Crippen molar-refractivity contribution in [3.05, 3.63) is 53.9 Å². The summed E-state index contributed by atoms with van der Waals surface area (Å²) in [5.41, 5.74) is 0.638. The maximum absolute atomic E-state index is 12.0. The van der Waals surface area contributed by atoms with Gasteiger partial charge in [-0.3, -0.25) is 9.78 Å². The van der Waals surface area contributed by atoms with Gasteiger partial charge in [0.05, 0.1) is 6.04 Å². The lowest BCUT2D eigenvalue weighted by molar-refractivity contribution is -0.121. The average molecular weight is 326 g/mol. The van der Waals surface area contributed by atoms with Crippen molar-refractivity contribution in [1.82, 2.24) is 20.4 Å². The molecule has 0 aliphatic heterocycles. The van der Waals surface area contributed by atoms with Crippen molar-refractivity contribution in [2.45, 2.75) is 32.7 Å². The molecule has 7 nitrogen and oxygen atoms in total. The highest BCUT2D eigenvalue weighted by molar-refractivity contribution is 5.76. The molecule has 124 valence electrons. The van der Waals surface area contributed by atoms with Gasteiger partial charge in [-0.1, -0.05) is 11.2 Å². The molecule has 0 radical (unpaired) electrons. The zero-order chi connectivity index (χ0) is 16.9. The minimum Gasteiger partial charge on any atom is -0.464 e. The minimum absolute atomic E-state index is 0.103. The van der Waals surface area contributed by atoms with Crippen molar-refractivity contribution in [3.63, 3.8) is 0 Å². The number of aryl methyl sites for hydroxylation is 2. The summed E-state index contributed by atoms with van der Waals surface area (Å²) in [5.74, 6) is 2.28. The topological polar surface area (TPSA) is 94.1 Å². The molecule has 0 fully saturated rings. The van der Waals surface area contributed by atoms with Gasteiger partial charge in [-0.2, -0.15) is 4.98 Å². The quantitative estimate of drug-likeness (QED) is 0.748. The van der Waals surface area contributed by atoms with E-state index in [1.165, 1.54) is 0 Å². The van der Waals surface area contributed by atoms with Gasteiger partial charge in [-0.25, -0.2) is 0 Å². The van der Waals surface area contributed by atoms with Gasteiger partial charge in [0.2, 0.25) is 17.6 Å². The van der Waals surface area contributed by atoms with Crippen LogP contribution in [0.1, 0.15) is 36.8 Å². The Morgan fingerprint density at radius 1 is 1.29 bits per heavy atom. The number of nitrogens with zero attached hydrogens (tertiary/aromatic N) is 3. The molecular formula is C17H18N4O3. The van der Waals surface area contributed by atoms with Gasteiger partial charge in [0, 0.05) is 19.0 Å². The average Bonchev–Trinajstić information content (AvgIpc) is 3.23. The minimum atomic E-state index is -0.182. The van der Waals surface area contributed by atoms with Crippen LogP contribution < -0.4 is 5.32 Å². The molecule has 1 unspecified atom stereocenters. The summed E-state index contributed by atoms with van der Waals surface area (Å²) in [6.45, 7) is 3.74. The second kappa shape index (κ2) is 7.08. The van der Waals surface area contributed by atoms with Gasteiger partial charge in [-0.15, -0.1) is 0 Å². The molecule has 0 saturated heterocycles. The Kier molecular flexibility index (Phi) is 4.69. The number of pyridine rings is 1. The van der Waals surface area contributed by atoms with Gasteiger partial charge >= 0.3 is 0 Å². The van der Waals surface area contributed by atoms with E-state index >= 15 is 0 Å². The molecule has 0 aliphatic rings. The molecule has 0 aliphatic carbocycles. The maximum Gasteiger partial charge on any atom is 0.227 e. The Morgan fingerprint density at radius 2 is 2.17 bits per heavy atom. The zero-order valence-electron chi connectivity index (χ0n) is 13.5. The smallest absolute Gasteiger partial charge is 0.227 e. The summed E-state index contributed by atoms with van der Waals surface area (Å²) in [6.07, 6.45) is 2.29. The molecule has 24 heavy (non-hydrogen) atoms. The number of carbonyl (C=O) groups is 1. The number of furan rings is 1. The normalized spacial score (nSPS) is 12.1. The van der Waals surface area contributed by atoms with Crippen LogP contribution in [-0.2, 0) is 11.2 Å². The third-order valence-electron chi connectivity index (χ3n) is 3.49. The summed E-state index contributed by atoms with van der Waals surface area (Å²) in [6, 6.07) is 9.01. The van der Waals surface area contributed by atoms with Gasteiger partial charge in [-0.05, 0) is 38.1 Å². The first-order valence-corrected chi connectivity index (χ1v) is 7.71. The Morgan fingerprint density at radius 3 is 2.88 bits per heavy atom.